The van der Waals surface area contributed by atoms with Gasteiger partial charge in [-0.2, -0.15) is 0 Å². The Bertz CT molecular complexity index is 620. The fraction of sp³-hybridized carbons (Fsp3) is 0.600. The van der Waals surface area contributed by atoms with E-state index in [2.05, 4.69) is 10.6 Å². The van der Waals surface area contributed by atoms with Gasteiger partial charge in [-0.05, 0) is 37.8 Å². The summed E-state index contributed by atoms with van der Waals surface area (Å²) >= 11 is 0. The van der Waals surface area contributed by atoms with Gasteiger partial charge >= 0.3 is 6.03 Å². The molecule has 1 aliphatic heterocycles. The van der Waals surface area contributed by atoms with Crippen molar-refractivity contribution in [1.29, 1.82) is 0 Å². The van der Waals surface area contributed by atoms with Crippen molar-refractivity contribution in [2.45, 2.75) is 51.0 Å². The van der Waals surface area contributed by atoms with Crippen LogP contribution in [0.1, 0.15) is 44.9 Å². The zero-order valence-electron chi connectivity index (χ0n) is 15.5. The van der Waals surface area contributed by atoms with E-state index < -0.39 is 0 Å². The van der Waals surface area contributed by atoms with Crippen LogP contribution < -0.4 is 15.4 Å². The molecule has 142 valence electrons. The quantitative estimate of drug-likeness (QED) is 0.866. The highest BCUT2D eigenvalue weighted by atomic mass is 16.5. The molecule has 3 rings (SSSR count). The number of nitrogens with one attached hydrogen (secondary N) is 2. The summed E-state index contributed by atoms with van der Waals surface area (Å²) in [6, 6.07) is 7.42. The van der Waals surface area contributed by atoms with Gasteiger partial charge in [0.15, 0.2) is 0 Å². The zero-order valence-corrected chi connectivity index (χ0v) is 15.5. The average Bonchev–Trinajstić information content (AvgIpc) is 2.69. The molecule has 0 atom stereocenters. The number of amides is 3. The van der Waals surface area contributed by atoms with E-state index in [0.29, 0.717) is 18.8 Å². The molecule has 2 aliphatic rings. The number of methoxy groups -OCH3 is 1. The highest BCUT2D eigenvalue weighted by Crippen LogP contribution is 2.24. The van der Waals surface area contributed by atoms with Gasteiger partial charge in [-0.1, -0.05) is 25.3 Å². The van der Waals surface area contributed by atoms with Crippen LogP contribution >= 0.6 is 0 Å². The Labute approximate surface area is 155 Å². The molecule has 26 heavy (non-hydrogen) atoms. The van der Waals surface area contributed by atoms with Gasteiger partial charge in [-0.25, -0.2) is 4.79 Å². The van der Waals surface area contributed by atoms with Crippen LogP contribution in [0.4, 0.5) is 10.5 Å². The van der Waals surface area contributed by atoms with Crippen molar-refractivity contribution in [3.8, 4) is 5.75 Å². The van der Waals surface area contributed by atoms with E-state index in [-0.39, 0.29) is 23.9 Å². The Hall–Kier alpha value is -2.24. The van der Waals surface area contributed by atoms with Crippen molar-refractivity contribution >= 4 is 17.6 Å². The number of likely N-dealkylation sites (tertiary alicyclic amines) is 1. The van der Waals surface area contributed by atoms with Gasteiger partial charge in [0.05, 0.1) is 7.11 Å². The minimum atomic E-state index is -0.102. The molecule has 6 nitrogen and oxygen atoms in total. The maximum absolute atomic E-state index is 12.4. The second-order valence-electron chi connectivity index (χ2n) is 7.27. The molecule has 0 unspecified atom stereocenters. The SMILES string of the molecule is COc1cccc(NC(=O)N2CCC(NC(=O)C3CCCCC3)CC2)c1. The molecule has 3 amide bonds. The summed E-state index contributed by atoms with van der Waals surface area (Å²) in [5.74, 6) is 1.12. The molecule has 1 heterocycles. The first-order chi connectivity index (χ1) is 12.7. The lowest BCUT2D eigenvalue weighted by atomic mass is 9.88. The number of carbonyl (C=O) groups excluding carboxylic acids is 2. The van der Waals surface area contributed by atoms with Crippen LogP contribution in [0.15, 0.2) is 24.3 Å². The van der Waals surface area contributed by atoms with E-state index in [0.717, 1.165) is 31.4 Å². The van der Waals surface area contributed by atoms with Gasteiger partial charge in [-0.3, -0.25) is 4.79 Å². The number of ether oxygens (including phenoxy) is 1. The van der Waals surface area contributed by atoms with Crippen molar-refractivity contribution in [1.82, 2.24) is 10.2 Å². The summed E-state index contributed by atoms with van der Waals surface area (Å²) in [6.45, 7) is 1.32. The zero-order chi connectivity index (χ0) is 18.4. The van der Waals surface area contributed by atoms with Crippen molar-refractivity contribution in [3.63, 3.8) is 0 Å². The largest absolute Gasteiger partial charge is 0.497 e. The van der Waals surface area contributed by atoms with E-state index in [4.69, 9.17) is 4.74 Å². The van der Waals surface area contributed by atoms with Gasteiger partial charge in [0.1, 0.15) is 5.75 Å². The fourth-order valence-corrected chi connectivity index (χ4v) is 3.81. The fourth-order valence-electron chi connectivity index (χ4n) is 3.81. The lowest BCUT2D eigenvalue weighted by Crippen LogP contribution is -2.49. The molecule has 2 N–H and O–H groups in total. The molecule has 0 spiro atoms. The molecular weight excluding hydrogens is 330 g/mol. The molecule has 6 heteroatoms. The van der Waals surface area contributed by atoms with E-state index in [1.54, 1.807) is 13.2 Å². The monoisotopic (exact) mass is 359 g/mol. The molecule has 1 aromatic rings. The second-order valence-corrected chi connectivity index (χ2v) is 7.27. The normalized spacial score (nSPS) is 19.0. The first-order valence-electron chi connectivity index (χ1n) is 9.66. The average molecular weight is 359 g/mol. The highest BCUT2D eigenvalue weighted by Gasteiger charge is 2.27. The summed E-state index contributed by atoms with van der Waals surface area (Å²) in [5, 5.41) is 6.11. The number of hydrogen-bond donors (Lipinski definition) is 2. The van der Waals surface area contributed by atoms with Crippen molar-refractivity contribution in [2.75, 3.05) is 25.5 Å². The smallest absolute Gasteiger partial charge is 0.321 e. The number of anilines is 1. The first-order valence-corrected chi connectivity index (χ1v) is 9.66. The van der Waals surface area contributed by atoms with E-state index in [9.17, 15) is 9.59 Å². The predicted molar refractivity (Wildman–Crippen MR) is 101 cm³/mol. The van der Waals surface area contributed by atoms with E-state index >= 15 is 0 Å². The molecule has 0 aromatic heterocycles. The lowest BCUT2D eigenvalue weighted by Gasteiger charge is -2.33. The van der Waals surface area contributed by atoms with Crippen LogP contribution in [0.2, 0.25) is 0 Å². The molecule has 1 aliphatic carbocycles. The maximum Gasteiger partial charge on any atom is 0.321 e. The van der Waals surface area contributed by atoms with Gasteiger partial charge in [0.25, 0.3) is 0 Å². The summed E-state index contributed by atoms with van der Waals surface area (Å²) in [7, 11) is 1.60. The Kier molecular flexibility index (Phi) is 6.36. The number of piperidine rings is 1. The van der Waals surface area contributed by atoms with Crippen LogP contribution in [-0.2, 0) is 4.79 Å². The van der Waals surface area contributed by atoms with Gasteiger partial charge in [0.2, 0.25) is 5.91 Å². The van der Waals surface area contributed by atoms with Gasteiger partial charge < -0.3 is 20.3 Å². The summed E-state index contributed by atoms with van der Waals surface area (Å²) < 4.78 is 5.18. The molecule has 0 radical (unpaired) electrons. The molecule has 2 fully saturated rings. The van der Waals surface area contributed by atoms with Crippen molar-refractivity contribution in [2.24, 2.45) is 5.92 Å². The topological polar surface area (TPSA) is 70.7 Å². The Morgan fingerprint density at radius 3 is 2.50 bits per heavy atom. The third-order valence-electron chi connectivity index (χ3n) is 5.43. The van der Waals surface area contributed by atoms with Crippen LogP contribution in [0, 0.1) is 5.92 Å². The number of carbonyl (C=O) groups is 2. The number of rotatable bonds is 4. The standard InChI is InChI=1S/C20H29N3O3/c1-26-18-9-5-8-17(14-18)22-20(25)23-12-10-16(11-13-23)21-19(24)15-6-3-2-4-7-15/h5,8-9,14-16H,2-4,6-7,10-13H2,1H3,(H,21,24)(H,22,25). The molecule has 1 saturated heterocycles. The summed E-state index contributed by atoms with van der Waals surface area (Å²) in [5.41, 5.74) is 0.724. The number of urea groups is 1. The number of benzene rings is 1. The molecular formula is C20H29N3O3. The van der Waals surface area contributed by atoms with Crippen LogP contribution in [0.3, 0.4) is 0 Å². The minimum absolute atomic E-state index is 0.102. The predicted octanol–water partition coefficient (Wildman–Crippen LogP) is 3.39. The second kappa shape index (κ2) is 8.92. The van der Waals surface area contributed by atoms with E-state index in [1.807, 2.05) is 23.1 Å². The molecule has 0 bridgehead atoms. The van der Waals surface area contributed by atoms with E-state index in [1.165, 1.54) is 19.3 Å². The molecule has 1 saturated carbocycles. The van der Waals surface area contributed by atoms with Crippen LogP contribution in [-0.4, -0.2) is 43.1 Å². The maximum atomic E-state index is 12.4. The third kappa shape index (κ3) is 4.90. The Morgan fingerprint density at radius 1 is 1.08 bits per heavy atom. The van der Waals surface area contributed by atoms with Crippen LogP contribution in [0.25, 0.3) is 0 Å². The van der Waals surface area contributed by atoms with Crippen LogP contribution in [0.5, 0.6) is 5.75 Å². The highest BCUT2D eigenvalue weighted by molar-refractivity contribution is 5.89. The Morgan fingerprint density at radius 2 is 1.81 bits per heavy atom. The number of nitrogens with zero attached hydrogens (tertiary/aromatic N) is 1. The molecule has 1 aromatic carbocycles. The van der Waals surface area contributed by atoms with Gasteiger partial charge in [-0.15, -0.1) is 0 Å². The minimum Gasteiger partial charge on any atom is -0.497 e. The van der Waals surface area contributed by atoms with Crippen molar-refractivity contribution in [3.05, 3.63) is 24.3 Å². The Balaban J connectivity index is 1.44. The summed E-state index contributed by atoms with van der Waals surface area (Å²) in [4.78, 5) is 26.6. The van der Waals surface area contributed by atoms with Crippen molar-refractivity contribution < 1.29 is 14.3 Å². The lowest BCUT2D eigenvalue weighted by molar-refractivity contribution is -0.126. The van der Waals surface area contributed by atoms with Gasteiger partial charge in [0, 0.05) is 36.8 Å². The summed E-state index contributed by atoms with van der Waals surface area (Å²) in [6.07, 6.45) is 7.25. The first kappa shape index (κ1) is 18.5. The third-order valence-corrected chi connectivity index (χ3v) is 5.43. The number of hydrogen-bond acceptors (Lipinski definition) is 3.